The molecule has 0 bridgehead atoms. The predicted molar refractivity (Wildman–Crippen MR) is 120 cm³/mol. The first-order valence-corrected chi connectivity index (χ1v) is 10.7. The van der Waals surface area contributed by atoms with Gasteiger partial charge in [-0.15, -0.1) is 6.58 Å². The summed E-state index contributed by atoms with van der Waals surface area (Å²) in [5.41, 5.74) is 0.522. The van der Waals surface area contributed by atoms with Gasteiger partial charge in [0.1, 0.15) is 0 Å². The third kappa shape index (κ3) is 9.10. The van der Waals surface area contributed by atoms with Gasteiger partial charge in [-0.2, -0.15) is 13.2 Å². The van der Waals surface area contributed by atoms with Crippen molar-refractivity contribution in [1.82, 2.24) is 25.4 Å². The van der Waals surface area contributed by atoms with E-state index in [9.17, 15) is 32.7 Å². The van der Waals surface area contributed by atoms with Crippen LogP contribution in [0.4, 0.5) is 13.2 Å². The van der Waals surface area contributed by atoms with Crippen LogP contribution in [0.15, 0.2) is 24.9 Å². The van der Waals surface area contributed by atoms with Crippen molar-refractivity contribution in [2.24, 2.45) is 0 Å². The molecule has 3 N–H and O–H groups in total. The van der Waals surface area contributed by atoms with E-state index in [1.54, 1.807) is 10.2 Å². The topological polar surface area (TPSA) is 115 Å². The number of allylic oxidation sites excluding steroid dienone is 1. The van der Waals surface area contributed by atoms with Gasteiger partial charge in [0, 0.05) is 44.8 Å². The first-order chi connectivity index (χ1) is 15.9. The van der Waals surface area contributed by atoms with Crippen molar-refractivity contribution in [1.29, 1.82) is 0 Å². The molecule has 9 nitrogen and oxygen atoms in total. The number of carboxylic acid groups (broad SMARTS) is 1. The third-order valence-electron chi connectivity index (χ3n) is 5.08. The predicted octanol–water partition coefficient (Wildman–Crippen LogP) is 1.62. The second-order valence-corrected chi connectivity index (χ2v) is 7.79. The zero-order valence-corrected chi connectivity index (χ0v) is 19.6. The Morgan fingerprint density at radius 2 is 1.94 bits per heavy atom. The van der Waals surface area contributed by atoms with E-state index in [-0.39, 0.29) is 43.1 Å². The molecule has 0 fully saturated rings. The largest absolute Gasteiger partial charge is 0.478 e. The molecule has 1 atom stereocenters. The molecule has 34 heavy (non-hydrogen) atoms. The average molecular weight is 488 g/mol. The molecule has 1 unspecified atom stereocenters. The number of aromatic carboxylic acids is 1. The maximum Gasteiger partial charge on any atom is 0.471 e. The molecule has 2 amide bonds. The first kappa shape index (κ1) is 29.0. The van der Waals surface area contributed by atoms with E-state index in [1.165, 1.54) is 18.3 Å². The minimum Gasteiger partial charge on any atom is -0.478 e. The summed E-state index contributed by atoms with van der Waals surface area (Å²) >= 11 is 0. The summed E-state index contributed by atoms with van der Waals surface area (Å²) < 4.78 is 37.3. The fourth-order valence-electron chi connectivity index (χ4n) is 3.26. The number of hydrogen-bond acceptors (Lipinski definition) is 6. The van der Waals surface area contributed by atoms with Crippen LogP contribution in [0.5, 0.6) is 0 Å². The highest BCUT2D eigenvalue weighted by atomic mass is 19.4. The lowest BCUT2D eigenvalue weighted by molar-refractivity contribution is -0.173. The van der Waals surface area contributed by atoms with Gasteiger partial charge >= 0.3 is 18.1 Å². The van der Waals surface area contributed by atoms with Crippen molar-refractivity contribution in [3.63, 3.8) is 0 Å². The third-order valence-corrected chi connectivity index (χ3v) is 5.08. The molecular weight excluding hydrogens is 455 g/mol. The number of rotatable bonds is 14. The number of carbonyl (C=O) groups excluding carboxylic acids is 2. The van der Waals surface area contributed by atoms with Crippen LogP contribution in [0.1, 0.15) is 40.9 Å². The van der Waals surface area contributed by atoms with Crippen LogP contribution in [-0.4, -0.2) is 90.7 Å². The van der Waals surface area contributed by atoms with E-state index < -0.39 is 24.0 Å². The Kier molecular flexibility index (Phi) is 11.7. The lowest BCUT2D eigenvalue weighted by Gasteiger charge is -2.23. The molecule has 1 heterocycles. The van der Waals surface area contributed by atoms with Gasteiger partial charge < -0.3 is 25.5 Å². The summed E-state index contributed by atoms with van der Waals surface area (Å²) in [6.07, 6.45) is -2.31. The average Bonchev–Trinajstić information content (AvgIpc) is 2.76. The summed E-state index contributed by atoms with van der Waals surface area (Å²) in [6, 6.07) is 1.29. The zero-order valence-electron chi connectivity index (χ0n) is 19.6. The fraction of sp³-hybridized carbons (Fsp3) is 0.545. The Morgan fingerprint density at radius 1 is 1.26 bits per heavy atom. The molecule has 0 aliphatic carbocycles. The fourth-order valence-corrected chi connectivity index (χ4v) is 3.26. The normalized spacial score (nSPS) is 12.3. The van der Waals surface area contributed by atoms with Crippen LogP contribution in [0.3, 0.4) is 0 Å². The molecule has 0 radical (unpaired) electrons. The minimum absolute atomic E-state index is 0.0000829. The highest BCUT2D eigenvalue weighted by molar-refractivity contribution is 5.90. The van der Waals surface area contributed by atoms with Crippen molar-refractivity contribution in [2.75, 3.05) is 46.8 Å². The van der Waals surface area contributed by atoms with E-state index in [0.717, 1.165) is 0 Å². The van der Waals surface area contributed by atoms with Crippen LogP contribution in [0.25, 0.3) is 0 Å². The van der Waals surface area contributed by atoms with Gasteiger partial charge in [-0.3, -0.25) is 14.6 Å². The van der Waals surface area contributed by atoms with Gasteiger partial charge in [-0.25, -0.2) is 4.79 Å². The van der Waals surface area contributed by atoms with Crippen molar-refractivity contribution in [2.45, 2.75) is 32.0 Å². The Hall–Kier alpha value is -2.99. The number of aromatic nitrogens is 1. The lowest BCUT2D eigenvalue weighted by Crippen LogP contribution is -2.41. The number of carboxylic acids is 1. The molecule has 0 saturated carbocycles. The Morgan fingerprint density at radius 3 is 2.47 bits per heavy atom. The standard InChI is InChI=1S/C22H32F3N5O4/c1-5-15(7-9-28-21(34)22(23,24)25)19-16(20(32)33)8-10-27-17(19)13-26-14-18(31)30(6-2)12-11-29(3)4/h5,8,10,15,26H,1,6-7,9,11-14H2,2-4H3,(H,28,34)(H,32,33). The van der Waals surface area contributed by atoms with Gasteiger partial charge in [-0.05, 0) is 39.1 Å². The minimum atomic E-state index is -5.01. The molecule has 0 aromatic carbocycles. The first-order valence-electron chi connectivity index (χ1n) is 10.7. The van der Waals surface area contributed by atoms with Crippen molar-refractivity contribution in [3.05, 3.63) is 41.7 Å². The molecule has 0 spiro atoms. The molecule has 0 aliphatic heterocycles. The summed E-state index contributed by atoms with van der Waals surface area (Å²) in [7, 11) is 3.81. The zero-order chi connectivity index (χ0) is 25.9. The van der Waals surface area contributed by atoms with Crippen molar-refractivity contribution >= 4 is 17.8 Å². The van der Waals surface area contributed by atoms with Crippen LogP contribution in [-0.2, 0) is 16.1 Å². The number of nitrogens with zero attached hydrogens (tertiary/aromatic N) is 3. The number of alkyl halides is 3. The van der Waals surface area contributed by atoms with Crippen LogP contribution >= 0.6 is 0 Å². The highest BCUT2D eigenvalue weighted by Gasteiger charge is 2.38. The Bertz CT molecular complexity index is 861. The van der Waals surface area contributed by atoms with Gasteiger partial charge in [0.2, 0.25) is 5.91 Å². The van der Waals surface area contributed by atoms with E-state index >= 15 is 0 Å². The SMILES string of the molecule is C=CC(CCNC(=O)C(F)(F)F)c1c(C(=O)O)ccnc1CNCC(=O)N(CC)CCN(C)C. The maximum atomic E-state index is 12.5. The lowest BCUT2D eigenvalue weighted by atomic mass is 9.90. The van der Waals surface area contributed by atoms with E-state index in [4.69, 9.17) is 0 Å². The second kappa shape index (κ2) is 13.7. The number of halogens is 3. The number of pyridine rings is 1. The van der Waals surface area contributed by atoms with E-state index in [1.807, 2.05) is 25.9 Å². The van der Waals surface area contributed by atoms with Crippen LogP contribution < -0.4 is 10.6 Å². The number of hydrogen-bond donors (Lipinski definition) is 3. The van der Waals surface area contributed by atoms with Crippen LogP contribution in [0.2, 0.25) is 0 Å². The van der Waals surface area contributed by atoms with E-state index in [0.29, 0.717) is 25.3 Å². The van der Waals surface area contributed by atoms with Crippen molar-refractivity contribution < 1.29 is 32.7 Å². The number of amides is 2. The van der Waals surface area contributed by atoms with Gasteiger partial charge in [0.25, 0.3) is 0 Å². The number of likely N-dealkylation sites (N-methyl/N-ethyl adjacent to an activating group) is 2. The summed E-state index contributed by atoms with van der Waals surface area (Å²) in [6.45, 7) is 7.06. The molecule has 1 aromatic heterocycles. The number of nitrogens with one attached hydrogen (secondary N) is 2. The second-order valence-electron chi connectivity index (χ2n) is 7.79. The quantitative estimate of drug-likeness (QED) is 0.342. The molecule has 1 rings (SSSR count). The summed E-state index contributed by atoms with van der Waals surface area (Å²) in [5.74, 6) is -4.12. The Balaban J connectivity index is 2.95. The van der Waals surface area contributed by atoms with E-state index in [2.05, 4.69) is 16.9 Å². The Labute approximate surface area is 197 Å². The number of carbonyl (C=O) groups is 3. The summed E-state index contributed by atoms with van der Waals surface area (Å²) in [4.78, 5) is 43.2. The highest BCUT2D eigenvalue weighted by Crippen LogP contribution is 2.27. The molecule has 1 aromatic rings. The van der Waals surface area contributed by atoms with Gasteiger partial charge in [0.15, 0.2) is 0 Å². The van der Waals surface area contributed by atoms with Crippen LogP contribution in [0, 0.1) is 0 Å². The molecular formula is C22H32F3N5O4. The summed E-state index contributed by atoms with van der Waals surface area (Å²) in [5, 5.41) is 14.4. The molecule has 12 heteroatoms. The molecule has 190 valence electrons. The van der Waals surface area contributed by atoms with Gasteiger partial charge in [-0.1, -0.05) is 6.08 Å². The van der Waals surface area contributed by atoms with Gasteiger partial charge in [0.05, 0.1) is 17.8 Å². The maximum absolute atomic E-state index is 12.5. The smallest absolute Gasteiger partial charge is 0.471 e. The molecule has 0 aliphatic rings. The monoisotopic (exact) mass is 487 g/mol. The molecule has 0 saturated heterocycles. The van der Waals surface area contributed by atoms with Crippen molar-refractivity contribution in [3.8, 4) is 0 Å².